The molecule has 2 aromatic carbocycles. The molecule has 0 aliphatic carbocycles. The summed E-state index contributed by atoms with van der Waals surface area (Å²) in [6.45, 7) is 2.05. The molecule has 26 heavy (non-hydrogen) atoms. The number of nitrogens with zero attached hydrogens (tertiary/aromatic N) is 6. The summed E-state index contributed by atoms with van der Waals surface area (Å²) < 4.78 is 7.08. The van der Waals surface area contributed by atoms with Crippen LogP contribution in [0.2, 0.25) is 0 Å². The van der Waals surface area contributed by atoms with Gasteiger partial charge in [-0.1, -0.05) is 53.2 Å². The molecule has 4 aromatic rings. The maximum atomic E-state index is 5.34. The van der Waals surface area contributed by atoms with Crippen molar-refractivity contribution in [2.45, 2.75) is 18.4 Å². The highest BCUT2D eigenvalue weighted by atomic mass is 32.2. The van der Waals surface area contributed by atoms with Gasteiger partial charge in [0.25, 0.3) is 0 Å². The number of hydrogen-bond acceptors (Lipinski definition) is 7. The minimum Gasteiger partial charge on any atom is -0.338 e. The Morgan fingerprint density at radius 3 is 2.62 bits per heavy atom. The van der Waals surface area contributed by atoms with E-state index in [2.05, 4.69) is 25.7 Å². The van der Waals surface area contributed by atoms with Crippen molar-refractivity contribution in [1.82, 2.24) is 30.3 Å². The molecule has 0 aliphatic rings. The molecule has 7 nitrogen and oxygen atoms in total. The van der Waals surface area contributed by atoms with Gasteiger partial charge >= 0.3 is 0 Å². The van der Waals surface area contributed by atoms with Gasteiger partial charge in [0.05, 0.1) is 17.2 Å². The quantitative estimate of drug-likeness (QED) is 0.518. The fourth-order valence-electron chi connectivity index (χ4n) is 2.43. The molecular weight excluding hydrogens is 348 g/mol. The predicted octanol–water partition coefficient (Wildman–Crippen LogP) is 3.45. The van der Waals surface area contributed by atoms with Gasteiger partial charge in [-0.05, 0) is 29.5 Å². The Labute approximate surface area is 154 Å². The lowest BCUT2D eigenvalue weighted by molar-refractivity contribution is 0.391. The molecule has 2 aromatic heterocycles. The molecule has 130 valence electrons. The summed E-state index contributed by atoms with van der Waals surface area (Å²) in [5.74, 6) is 3.21. The molecule has 4 rings (SSSR count). The monoisotopic (exact) mass is 364 g/mol. The Morgan fingerprint density at radius 2 is 1.81 bits per heavy atom. The molecule has 0 unspecified atom stereocenters. The van der Waals surface area contributed by atoms with Crippen molar-refractivity contribution in [3.05, 3.63) is 71.9 Å². The second kappa shape index (κ2) is 7.49. The summed E-state index contributed by atoms with van der Waals surface area (Å²) in [6.07, 6.45) is 0. The number of hydrogen-bond donors (Lipinski definition) is 0. The third kappa shape index (κ3) is 3.65. The van der Waals surface area contributed by atoms with E-state index < -0.39 is 0 Å². The standard InChI is InChI=1S/C18H16N6OS/c1-13-7-9-14(10-8-13)18-19-17(25-21-18)12-26-11-16-20-22-23-24(16)15-5-3-2-4-6-15/h2-10H,11-12H2,1H3. The van der Waals surface area contributed by atoms with E-state index in [0.29, 0.717) is 23.2 Å². The van der Waals surface area contributed by atoms with Crippen LogP contribution in [0.3, 0.4) is 0 Å². The molecule has 0 N–H and O–H groups in total. The Balaban J connectivity index is 1.39. The Kier molecular flexibility index (Phi) is 4.74. The topological polar surface area (TPSA) is 82.5 Å². The number of thioether (sulfide) groups is 1. The van der Waals surface area contributed by atoms with Crippen LogP contribution in [0.1, 0.15) is 17.3 Å². The number of benzene rings is 2. The van der Waals surface area contributed by atoms with E-state index in [0.717, 1.165) is 17.1 Å². The molecule has 0 fully saturated rings. The van der Waals surface area contributed by atoms with Crippen LogP contribution < -0.4 is 0 Å². The van der Waals surface area contributed by atoms with Crippen molar-refractivity contribution in [1.29, 1.82) is 0 Å². The smallest absolute Gasteiger partial charge is 0.236 e. The first-order valence-electron chi connectivity index (χ1n) is 8.09. The highest BCUT2D eigenvalue weighted by Crippen LogP contribution is 2.20. The SMILES string of the molecule is Cc1ccc(-c2noc(CSCc3nnnn3-c3ccccc3)n2)cc1. The summed E-state index contributed by atoms with van der Waals surface area (Å²) in [6, 6.07) is 17.9. The van der Waals surface area contributed by atoms with E-state index in [1.165, 1.54) is 5.56 Å². The zero-order chi connectivity index (χ0) is 17.8. The van der Waals surface area contributed by atoms with Gasteiger partial charge < -0.3 is 4.52 Å². The molecule has 2 heterocycles. The van der Waals surface area contributed by atoms with Crippen LogP contribution in [0.4, 0.5) is 0 Å². The van der Waals surface area contributed by atoms with E-state index in [1.807, 2.05) is 61.5 Å². The maximum absolute atomic E-state index is 5.34. The average Bonchev–Trinajstić information content (AvgIpc) is 3.33. The second-order valence-electron chi connectivity index (χ2n) is 5.71. The zero-order valence-electron chi connectivity index (χ0n) is 14.1. The maximum Gasteiger partial charge on any atom is 0.236 e. The Hall–Kier alpha value is -3.00. The average molecular weight is 364 g/mol. The molecular formula is C18H16N6OS. The van der Waals surface area contributed by atoms with Crippen molar-refractivity contribution in [3.63, 3.8) is 0 Å². The van der Waals surface area contributed by atoms with Crippen molar-refractivity contribution >= 4 is 11.8 Å². The lowest BCUT2D eigenvalue weighted by atomic mass is 10.1. The largest absolute Gasteiger partial charge is 0.338 e. The fraction of sp³-hybridized carbons (Fsp3) is 0.167. The highest BCUT2D eigenvalue weighted by Gasteiger charge is 2.11. The fourth-order valence-corrected chi connectivity index (χ4v) is 3.19. The minimum atomic E-state index is 0.587. The molecule has 0 radical (unpaired) electrons. The highest BCUT2D eigenvalue weighted by molar-refractivity contribution is 7.97. The molecule has 8 heteroatoms. The van der Waals surface area contributed by atoms with Crippen LogP contribution >= 0.6 is 11.8 Å². The summed E-state index contributed by atoms with van der Waals surface area (Å²) in [5.41, 5.74) is 3.08. The van der Waals surface area contributed by atoms with Crippen LogP contribution in [-0.2, 0) is 11.5 Å². The van der Waals surface area contributed by atoms with Gasteiger partial charge in [0.1, 0.15) is 0 Å². The van der Waals surface area contributed by atoms with Gasteiger partial charge in [-0.15, -0.1) is 16.9 Å². The molecule has 0 saturated heterocycles. The lowest BCUT2D eigenvalue weighted by Gasteiger charge is -2.03. The number of para-hydroxylation sites is 1. The van der Waals surface area contributed by atoms with Gasteiger partial charge in [-0.25, -0.2) is 0 Å². The van der Waals surface area contributed by atoms with Crippen LogP contribution in [0.25, 0.3) is 17.1 Å². The van der Waals surface area contributed by atoms with E-state index >= 15 is 0 Å². The molecule has 0 amide bonds. The summed E-state index contributed by atoms with van der Waals surface area (Å²) in [4.78, 5) is 4.45. The summed E-state index contributed by atoms with van der Waals surface area (Å²) >= 11 is 1.62. The molecule has 0 bridgehead atoms. The molecule has 0 spiro atoms. The minimum absolute atomic E-state index is 0.587. The predicted molar refractivity (Wildman–Crippen MR) is 98.6 cm³/mol. The van der Waals surface area contributed by atoms with Crippen LogP contribution in [0.15, 0.2) is 59.1 Å². The van der Waals surface area contributed by atoms with Crippen LogP contribution in [0.5, 0.6) is 0 Å². The first-order chi connectivity index (χ1) is 12.8. The van der Waals surface area contributed by atoms with Crippen molar-refractivity contribution in [2.75, 3.05) is 0 Å². The normalized spacial score (nSPS) is 11.0. The van der Waals surface area contributed by atoms with E-state index in [-0.39, 0.29) is 0 Å². The van der Waals surface area contributed by atoms with E-state index in [4.69, 9.17) is 4.52 Å². The lowest BCUT2D eigenvalue weighted by Crippen LogP contribution is -2.02. The first kappa shape index (κ1) is 16.5. The van der Waals surface area contributed by atoms with E-state index in [9.17, 15) is 0 Å². The van der Waals surface area contributed by atoms with Gasteiger partial charge in [-0.3, -0.25) is 0 Å². The summed E-state index contributed by atoms with van der Waals surface area (Å²) in [5, 5.41) is 16.0. The summed E-state index contributed by atoms with van der Waals surface area (Å²) in [7, 11) is 0. The van der Waals surface area contributed by atoms with Gasteiger partial charge in [0.15, 0.2) is 5.82 Å². The Morgan fingerprint density at radius 1 is 1.00 bits per heavy atom. The van der Waals surface area contributed by atoms with Gasteiger partial charge in [0, 0.05) is 5.56 Å². The number of aromatic nitrogens is 6. The zero-order valence-corrected chi connectivity index (χ0v) is 14.9. The number of rotatable bonds is 6. The number of tetrazole rings is 1. The van der Waals surface area contributed by atoms with Crippen LogP contribution in [0, 0.1) is 6.92 Å². The third-order valence-corrected chi connectivity index (χ3v) is 4.68. The van der Waals surface area contributed by atoms with Crippen LogP contribution in [-0.4, -0.2) is 30.3 Å². The Bertz CT molecular complexity index is 980. The second-order valence-corrected chi connectivity index (χ2v) is 6.70. The van der Waals surface area contributed by atoms with Crippen molar-refractivity contribution < 1.29 is 4.52 Å². The first-order valence-corrected chi connectivity index (χ1v) is 9.25. The molecule has 0 aliphatic heterocycles. The molecule has 0 atom stereocenters. The molecule has 0 saturated carbocycles. The third-order valence-electron chi connectivity index (χ3n) is 3.77. The van der Waals surface area contributed by atoms with Crippen molar-refractivity contribution in [3.8, 4) is 17.1 Å². The van der Waals surface area contributed by atoms with Gasteiger partial charge in [-0.2, -0.15) is 9.67 Å². The van der Waals surface area contributed by atoms with E-state index in [1.54, 1.807) is 16.4 Å². The van der Waals surface area contributed by atoms with Crippen molar-refractivity contribution in [2.24, 2.45) is 0 Å². The van der Waals surface area contributed by atoms with Gasteiger partial charge in [0.2, 0.25) is 11.7 Å². The number of aryl methyl sites for hydroxylation is 1.